The van der Waals surface area contributed by atoms with Crippen molar-refractivity contribution >= 4 is 0 Å². The first-order valence-electron chi connectivity index (χ1n) is 5.56. The summed E-state index contributed by atoms with van der Waals surface area (Å²) in [6.45, 7) is 4.84. The molecule has 2 rings (SSSR count). The van der Waals surface area contributed by atoms with E-state index in [1.54, 1.807) is 14.2 Å². The first kappa shape index (κ1) is 12.3. The Balaban J connectivity index is 2.11. The van der Waals surface area contributed by atoms with Crippen molar-refractivity contribution in [1.82, 2.24) is 0 Å². The molecule has 0 aromatic heterocycles. The van der Waals surface area contributed by atoms with Crippen LogP contribution < -0.4 is 0 Å². The third-order valence-electron chi connectivity index (χ3n) is 3.12. The molecule has 2 heterocycles. The first-order valence-corrected chi connectivity index (χ1v) is 5.56. The van der Waals surface area contributed by atoms with Gasteiger partial charge in [-0.2, -0.15) is 0 Å². The van der Waals surface area contributed by atoms with Crippen molar-refractivity contribution in [1.29, 1.82) is 0 Å². The van der Waals surface area contributed by atoms with Crippen LogP contribution in [0.2, 0.25) is 0 Å². The van der Waals surface area contributed by atoms with Crippen molar-refractivity contribution < 1.29 is 23.7 Å². The van der Waals surface area contributed by atoms with Crippen molar-refractivity contribution in [2.24, 2.45) is 0 Å². The van der Waals surface area contributed by atoms with Crippen LogP contribution in [0.4, 0.5) is 0 Å². The van der Waals surface area contributed by atoms with Crippen molar-refractivity contribution in [3.63, 3.8) is 0 Å². The van der Waals surface area contributed by atoms with Crippen molar-refractivity contribution in [2.75, 3.05) is 27.4 Å². The normalized spacial score (nSPS) is 42.8. The Labute approximate surface area is 95.9 Å². The molecule has 2 fully saturated rings. The molecule has 0 radical (unpaired) electrons. The summed E-state index contributed by atoms with van der Waals surface area (Å²) in [5.41, 5.74) is 0. The summed E-state index contributed by atoms with van der Waals surface area (Å²) < 4.78 is 27.9. The highest BCUT2D eigenvalue weighted by Crippen LogP contribution is 2.31. The quantitative estimate of drug-likeness (QED) is 0.696. The summed E-state index contributed by atoms with van der Waals surface area (Å²) in [5.74, 6) is -0.586. The standard InChI is InChI=1S/C11H20O5/c1-11(2)15-6-8-10(16-11)9(13-4)7(12-3)5-14-8/h7-10H,5-6H2,1-4H3/t7?,8?,9?,10-/m1/s1. The predicted octanol–water partition coefficient (Wildman–Crippen LogP) is 0.567. The average molecular weight is 232 g/mol. The molecule has 94 valence electrons. The fourth-order valence-corrected chi connectivity index (χ4v) is 2.25. The fraction of sp³-hybridized carbons (Fsp3) is 1.00. The summed E-state index contributed by atoms with van der Waals surface area (Å²) >= 11 is 0. The van der Waals surface area contributed by atoms with E-state index in [1.165, 1.54) is 0 Å². The highest BCUT2D eigenvalue weighted by atomic mass is 16.7. The Kier molecular flexibility index (Phi) is 3.51. The van der Waals surface area contributed by atoms with E-state index >= 15 is 0 Å². The van der Waals surface area contributed by atoms with Crippen molar-refractivity contribution in [3.8, 4) is 0 Å². The van der Waals surface area contributed by atoms with Crippen LogP contribution in [0.25, 0.3) is 0 Å². The second kappa shape index (κ2) is 4.58. The number of methoxy groups -OCH3 is 2. The molecule has 0 amide bonds. The van der Waals surface area contributed by atoms with Gasteiger partial charge in [0, 0.05) is 14.2 Å². The third-order valence-corrected chi connectivity index (χ3v) is 3.12. The molecule has 4 atom stereocenters. The number of rotatable bonds is 2. The molecule has 3 unspecified atom stereocenters. The molecule has 0 bridgehead atoms. The molecule has 5 heteroatoms. The predicted molar refractivity (Wildman–Crippen MR) is 56.2 cm³/mol. The maximum atomic E-state index is 5.86. The minimum absolute atomic E-state index is 0.0654. The van der Waals surface area contributed by atoms with Crippen LogP contribution in [0.15, 0.2) is 0 Å². The summed E-state index contributed by atoms with van der Waals surface area (Å²) in [4.78, 5) is 0. The van der Waals surface area contributed by atoms with Gasteiger partial charge in [-0.1, -0.05) is 0 Å². The zero-order valence-corrected chi connectivity index (χ0v) is 10.3. The summed E-state index contributed by atoms with van der Waals surface area (Å²) in [5, 5.41) is 0. The van der Waals surface area contributed by atoms with Crippen LogP contribution in [0, 0.1) is 0 Å². The molecule has 0 aromatic carbocycles. The molecular formula is C11H20O5. The van der Waals surface area contributed by atoms with Gasteiger partial charge in [-0.3, -0.25) is 0 Å². The zero-order valence-electron chi connectivity index (χ0n) is 10.3. The lowest BCUT2D eigenvalue weighted by molar-refractivity contribution is -0.350. The molecule has 2 aliphatic rings. The molecule has 0 saturated carbocycles. The van der Waals surface area contributed by atoms with Crippen LogP contribution in [-0.2, 0) is 23.7 Å². The van der Waals surface area contributed by atoms with Gasteiger partial charge in [0.05, 0.1) is 13.2 Å². The number of hydrogen-bond donors (Lipinski definition) is 0. The van der Waals surface area contributed by atoms with Gasteiger partial charge in [-0.05, 0) is 13.8 Å². The summed E-state index contributed by atoms with van der Waals surface area (Å²) in [7, 11) is 3.33. The maximum Gasteiger partial charge on any atom is 0.163 e. The van der Waals surface area contributed by atoms with Crippen molar-refractivity contribution in [3.05, 3.63) is 0 Å². The molecule has 0 aromatic rings. The Morgan fingerprint density at radius 1 is 1.12 bits per heavy atom. The molecular weight excluding hydrogens is 212 g/mol. The van der Waals surface area contributed by atoms with E-state index in [4.69, 9.17) is 23.7 Å². The van der Waals surface area contributed by atoms with Gasteiger partial charge in [0.2, 0.25) is 0 Å². The number of ether oxygens (including phenoxy) is 5. The summed E-state index contributed by atoms with van der Waals surface area (Å²) in [6.07, 6.45) is -0.385. The molecule has 16 heavy (non-hydrogen) atoms. The van der Waals surface area contributed by atoms with E-state index in [-0.39, 0.29) is 24.4 Å². The number of hydrogen-bond acceptors (Lipinski definition) is 5. The highest BCUT2D eigenvalue weighted by Gasteiger charge is 2.47. The van der Waals surface area contributed by atoms with Gasteiger partial charge in [0.15, 0.2) is 5.79 Å². The SMILES string of the molecule is COC1COC2COC(C)(C)O[C@H]2C1OC. The van der Waals surface area contributed by atoms with Crippen LogP contribution in [0.1, 0.15) is 13.8 Å². The topological polar surface area (TPSA) is 46.2 Å². The fourth-order valence-electron chi connectivity index (χ4n) is 2.25. The number of fused-ring (bicyclic) bond motifs is 1. The minimum Gasteiger partial charge on any atom is -0.376 e. The lowest BCUT2D eigenvalue weighted by atomic mass is 9.98. The second-order valence-corrected chi connectivity index (χ2v) is 4.64. The van der Waals surface area contributed by atoms with E-state index in [9.17, 15) is 0 Å². The molecule has 2 saturated heterocycles. The van der Waals surface area contributed by atoms with Crippen LogP contribution >= 0.6 is 0 Å². The molecule has 2 aliphatic heterocycles. The average Bonchev–Trinajstić information content (AvgIpc) is 2.26. The molecule has 0 N–H and O–H groups in total. The zero-order chi connectivity index (χ0) is 11.8. The molecule has 0 spiro atoms. The highest BCUT2D eigenvalue weighted by molar-refractivity contribution is 4.92. The van der Waals surface area contributed by atoms with Crippen LogP contribution in [0.5, 0.6) is 0 Å². The third kappa shape index (κ3) is 2.24. The Morgan fingerprint density at radius 2 is 1.88 bits per heavy atom. The van der Waals surface area contributed by atoms with Gasteiger partial charge in [-0.15, -0.1) is 0 Å². The van der Waals surface area contributed by atoms with Gasteiger partial charge in [-0.25, -0.2) is 0 Å². The minimum atomic E-state index is -0.586. The Morgan fingerprint density at radius 3 is 2.50 bits per heavy atom. The van der Waals surface area contributed by atoms with E-state index in [1.807, 2.05) is 13.8 Å². The van der Waals surface area contributed by atoms with Gasteiger partial charge >= 0.3 is 0 Å². The Hall–Kier alpha value is -0.200. The van der Waals surface area contributed by atoms with Crippen molar-refractivity contribution in [2.45, 2.75) is 44.1 Å². The molecule has 5 nitrogen and oxygen atoms in total. The molecule has 0 aliphatic carbocycles. The van der Waals surface area contributed by atoms with Crippen LogP contribution in [-0.4, -0.2) is 57.6 Å². The maximum absolute atomic E-state index is 5.86. The lowest BCUT2D eigenvalue weighted by Crippen LogP contribution is -2.62. The van der Waals surface area contributed by atoms with Gasteiger partial charge in [0.25, 0.3) is 0 Å². The van der Waals surface area contributed by atoms with Crippen LogP contribution in [0.3, 0.4) is 0 Å². The summed E-state index contributed by atoms with van der Waals surface area (Å²) in [6, 6.07) is 0. The smallest absolute Gasteiger partial charge is 0.163 e. The van der Waals surface area contributed by atoms with Gasteiger partial charge < -0.3 is 23.7 Å². The lowest BCUT2D eigenvalue weighted by Gasteiger charge is -2.48. The monoisotopic (exact) mass is 232 g/mol. The largest absolute Gasteiger partial charge is 0.376 e. The van der Waals surface area contributed by atoms with E-state index in [0.717, 1.165) is 0 Å². The second-order valence-electron chi connectivity index (χ2n) is 4.64. The Bertz CT molecular complexity index is 243. The first-order chi connectivity index (χ1) is 7.57. The van der Waals surface area contributed by atoms with E-state index < -0.39 is 5.79 Å². The van der Waals surface area contributed by atoms with E-state index in [2.05, 4.69) is 0 Å². The van der Waals surface area contributed by atoms with E-state index in [0.29, 0.717) is 13.2 Å². The van der Waals surface area contributed by atoms with Gasteiger partial charge in [0.1, 0.15) is 24.4 Å².